The Hall–Kier alpha value is -1.76. The molecular formula is C18H29F3N4. The van der Waals surface area contributed by atoms with Gasteiger partial charge in [0.1, 0.15) is 0 Å². The molecule has 1 aromatic rings. The number of nitrogens with one attached hydrogen (secondary N) is 2. The molecule has 0 spiro atoms. The highest BCUT2D eigenvalue weighted by atomic mass is 19.4. The van der Waals surface area contributed by atoms with Crippen molar-refractivity contribution in [3.63, 3.8) is 0 Å². The number of benzene rings is 1. The molecule has 0 saturated carbocycles. The van der Waals surface area contributed by atoms with Gasteiger partial charge in [0.05, 0.1) is 13.1 Å². The first kappa shape index (κ1) is 21.3. The lowest BCUT2D eigenvalue weighted by molar-refractivity contribution is -0.142. The van der Waals surface area contributed by atoms with Gasteiger partial charge >= 0.3 is 6.18 Å². The van der Waals surface area contributed by atoms with Gasteiger partial charge in [0.2, 0.25) is 0 Å². The monoisotopic (exact) mass is 358 g/mol. The summed E-state index contributed by atoms with van der Waals surface area (Å²) in [6.45, 7) is 4.39. The van der Waals surface area contributed by atoms with E-state index in [0.29, 0.717) is 19.0 Å². The maximum Gasteiger partial charge on any atom is 0.401 e. The molecular weight excluding hydrogens is 329 g/mol. The predicted molar refractivity (Wildman–Crippen MR) is 96.9 cm³/mol. The second-order valence-electron chi connectivity index (χ2n) is 6.18. The molecule has 2 N–H and O–H groups in total. The Morgan fingerprint density at radius 2 is 1.92 bits per heavy atom. The highest BCUT2D eigenvalue weighted by molar-refractivity contribution is 5.80. The second-order valence-corrected chi connectivity index (χ2v) is 6.18. The quantitative estimate of drug-likeness (QED) is 0.526. The van der Waals surface area contributed by atoms with E-state index in [-0.39, 0.29) is 12.6 Å². The fourth-order valence-electron chi connectivity index (χ4n) is 2.37. The van der Waals surface area contributed by atoms with Crippen molar-refractivity contribution in [2.45, 2.75) is 38.9 Å². The van der Waals surface area contributed by atoms with Crippen molar-refractivity contribution in [3.05, 3.63) is 35.9 Å². The lowest BCUT2D eigenvalue weighted by Gasteiger charge is -2.19. The van der Waals surface area contributed by atoms with Gasteiger partial charge in [-0.15, -0.1) is 0 Å². The normalized spacial score (nSPS) is 13.8. The molecule has 1 atom stereocenters. The highest BCUT2D eigenvalue weighted by Crippen LogP contribution is 2.15. The fourth-order valence-corrected chi connectivity index (χ4v) is 2.37. The first-order valence-electron chi connectivity index (χ1n) is 8.64. The van der Waals surface area contributed by atoms with Crippen molar-refractivity contribution in [2.24, 2.45) is 4.99 Å². The summed E-state index contributed by atoms with van der Waals surface area (Å²) in [7, 11) is 1.45. The Labute approximate surface area is 148 Å². The van der Waals surface area contributed by atoms with E-state index in [1.54, 1.807) is 0 Å². The number of guanidine groups is 1. The fraction of sp³-hybridized carbons (Fsp3) is 0.611. The average Bonchev–Trinajstić information content (AvgIpc) is 2.52. The SMILES string of the molecule is CCNC(=NCCN(C)CC(F)(F)F)NC(C)CCc1ccccc1. The van der Waals surface area contributed by atoms with Gasteiger partial charge in [-0.3, -0.25) is 9.89 Å². The van der Waals surface area contributed by atoms with Crippen molar-refractivity contribution >= 4 is 5.96 Å². The largest absolute Gasteiger partial charge is 0.401 e. The van der Waals surface area contributed by atoms with Gasteiger partial charge < -0.3 is 10.6 Å². The molecule has 1 rings (SSSR count). The van der Waals surface area contributed by atoms with E-state index in [2.05, 4.69) is 34.7 Å². The zero-order valence-electron chi connectivity index (χ0n) is 15.2. The Kier molecular flexibility index (Phi) is 9.34. The topological polar surface area (TPSA) is 39.7 Å². The first-order chi connectivity index (χ1) is 11.8. The number of halogens is 3. The third-order valence-corrected chi connectivity index (χ3v) is 3.64. The van der Waals surface area contributed by atoms with Gasteiger partial charge in [-0.05, 0) is 39.3 Å². The van der Waals surface area contributed by atoms with E-state index in [4.69, 9.17) is 0 Å². The van der Waals surface area contributed by atoms with Gasteiger partial charge in [0.15, 0.2) is 5.96 Å². The van der Waals surface area contributed by atoms with Gasteiger partial charge in [-0.25, -0.2) is 0 Å². The molecule has 0 aliphatic rings. The molecule has 25 heavy (non-hydrogen) atoms. The summed E-state index contributed by atoms with van der Waals surface area (Å²) in [4.78, 5) is 5.59. The van der Waals surface area contributed by atoms with E-state index >= 15 is 0 Å². The summed E-state index contributed by atoms with van der Waals surface area (Å²) in [5.41, 5.74) is 1.28. The van der Waals surface area contributed by atoms with Gasteiger partial charge in [-0.1, -0.05) is 30.3 Å². The molecule has 0 amide bonds. The van der Waals surface area contributed by atoms with Crippen LogP contribution in [0.4, 0.5) is 13.2 Å². The van der Waals surface area contributed by atoms with Crippen LogP contribution in [0.1, 0.15) is 25.8 Å². The summed E-state index contributed by atoms with van der Waals surface area (Å²) in [6.07, 6.45) is -2.27. The smallest absolute Gasteiger partial charge is 0.357 e. The maximum atomic E-state index is 12.3. The second kappa shape index (κ2) is 11.0. The molecule has 1 unspecified atom stereocenters. The molecule has 0 saturated heterocycles. The van der Waals surface area contributed by atoms with Crippen LogP contribution in [0.15, 0.2) is 35.3 Å². The molecule has 7 heteroatoms. The zero-order valence-corrected chi connectivity index (χ0v) is 15.2. The lowest BCUT2D eigenvalue weighted by atomic mass is 10.1. The summed E-state index contributed by atoms with van der Waals surface area (Å²) < 4.78 is 36.9. The number of alkyl halides is 3. The zero-order chi connectivity index (χ0) is 18.7. The number of aryl methyl sites for hydroxylation is 1. The molecule has 0 aromatic heterocycles. The van der Waals surface area contributed by atoms with E-state index in [0.717, 1.165) is 12.8 Å². The molecule has 4 nitrogen and oxygen atoms in total. The Bertz CT molecular complexity index is 503. The minimum atomic E-state index is -4.17. The van der Waals surface area contributed by atoms with Crippen molar-refractivity contribution in [3.8, 4) is 0 Å². The molecule has 0 bridgehead atoms. The van der Waals surface area contributed by atoms with Crippen molar-refractivity contribution < 1.29 is 13.2 Å². The Balaban J connectivity index is 2.41. The molecule has 142 valence electrons. The van der Waals surface area contributed by atoms with Gasteiger partial charge in [0.25, 0.3) is 0 Å². The van der Waals surface area contributed by atoms with Crippen molar-refractivity contribution in [1.29, 1.82) is 0 Å². The van der Waals surface area contributed by atoms with Gasteiger partial charge in [-0.2, -0.15) is 13.2 Å². The average molecular weight is 358 g/mol. The minimum absolute atomic E-state index is 0.214. The van der Waals surface area contributed by atoms with Crippen molar-refractivity contribution in [2.75, 3.05) is 33.2 Å². The van der Waals surface area contributed by atoms with E-state index < -0.39 is 12.7 Å². The van der Waals surface area contributed by atoms with Crippen LogP contribution in [-0.4, -0.2) is 56.3 Å². The molecule has 0 aliphatic carbocycles. The minimum Gasteiger partial charge on any atom is -0.357 e. The third kappa shape index (κ3) is 10.7. The number of hydrogen-bond acceptors (Lipinski definition) is 2. The number of nitrogens with zero attached hydrogens (tertiary/aromatic N) is 2. The number of likely N-dealkylation sites (N-methyl/N-ethyl adjacent to an activating group) is 1. The lowest BCUT2D eigenvalue weighted by Crippen LogP contribution is -2.43. The van der Waals surface area contributed by atoms with E-state index in [1.807, 2.05) is 25.1 Å². The van der Waals surface area contributed by atoms with Crippen LogP contribution in [-0.2, 0) is 6.42 Å². The first-order valence-corrected chi connectivity index (χ1v) is 8.64. The molecule has 0 aliphatic heterocycles. The molecule has 0 radical (unpaired) electrons. The highest BCUT2D eigenvalue weighted by Gasteiger charge is 2.28. The third-order valence-electron chi connectivity index (χ3n) is 3.64. The Morgan fingerprint density at radius 3 is 2.52 bits per heavy atom. The van der Waals surface area contributed by atoms with E-state index in [1.165, 1.54) is 17.5 Å². The van der Waals surface area contributed by atoms with Crippen LogP contribution in [0.5, 0.6) is 0 Å². The van der Waals surface area contributed by atoms with Crippen LogP contribution < -0.4 is 10.6 Å². The van der Waals surface area contributed by atoms with Crippen LogP contribution in [0.3, 0.4) is 0 Å². The van der Waals surface area contributed by atoms with Crippen LogP contribution in [0.2, 0.25) is 0 Å². The maximum absolute atomic E-state index is 12.3. The Morgan fingerprint density at radius 1 is 1.24 bits per heavy atom. The van der Waals surface area contributed by atoms with Gasteiger partial charge in [0, 0.05) is 19.1 Å². The van der Waals surface area contributed by atoms with E-state index in [9.17, 15) is 13.2 Å². The number of rotatable bonds is 9. The summed E-state index contributed by atoms with van der Waals surface area (Å²) in [5.74, 6) is 0.642. The van der Waals surface area contributed by atoms with Crippen LogP contribution >= 0.6 is 0 Å². The molecule has 1 aromatic carbocycles. The summed E-state index contributed by atoms with van der Waals surface area (Å²) in [6, 6.07) is 10.5. The number of aliphatic imine (C=N–C) groups is 1. The predicted octanol–water partition coefficient (Wildman–Crippen LogP) is 3.06. The van der Waals surface area contributed by atoms with Crippen LogP contribution in [0, 0.1) is 0 Å². The standard InChI is InChI=1S/C18H29F3N4/c1-4-22-17(23-12-13-25(3)14-18(19,20)21)24-15(2)10-11-16-8-6-5-7-9-16/h5-9,15H,4,10-14H2,1-3H3,(H2,22,23,24). The van der Waals surface area contributed by atoms with Crippen molar-refractivity contribution in [1.82, 2.24) is 15.5 Å². The summed E-state index contributed by atoms with van der Waals surface area (Å²) in [5, 5.41) is 6.44. The summed E-state index contributed by atoms with van der Waals surface area (Å²) >= 11 is 0. The number of hydrogen-bond donors (Lipinski definition) is 2. The molecule has 0 fully saturated rings. The molecule has 0 heterocycles. The van der Waals surface area contributed by atoms with Crippen LogP contribution in [0.25, 0.3) is 0 Å².